The van der Waals surface area contributed by atoms with Gasteiger partial charge in [0.1, 0.15) is 17.6 Å². The van der Waals surface area contributed by atoms with Crippen LogP contribution in [0.4, 0.5) is 0 Å². The molecule has 0 saturated carbocycles. The van der Waals surface area contributed by atoms with Crippen molar-refractivity contribution in [1.29, 1.82) is 5.26 Å². The standard InChI is InChI=1S/C14H7Br2NO3/c15-10-2-4-12(9(5-10)7-17)20-13-6-8(14(18)19)1-3-11(13)16/h1-6H,(H,18,19). The summed E-state index contributed by atoms with van der Waals surface area (Å²) < 4.78 is 6.99. The summed E-state index contributed by atoms with van der Waals surface area (Å²) in [5, 5.41) is 18.1. The normalized spacial score (nSPS) is 9.85. The maximum atomic E-state index is 11.0. The van der Waals surface area contributed by atoms with E-state index in [1.807, 2.05) is 6.07 Å². The molecule has 0 atom stereocenters. The highest BCUT2D eigenvalue weighted by molar-refractivity contribution is 9.10. The van der Waals surface area contributed by atoms with Crippen molar-refractivity contribution in [3.8, 4) is 17.6 Å². The van der Waals surface area contributed by atoms with Crippen LogP contribution in [0.15, 0.2) is 45.3 Å². The van der Waals surface area contributed by atoms with E-state index in [9.17, 15) is 4.79 Å². The molecule has 0 aliphatic rings. The fourth-order valence-electron chi connectivity index (χ4n) is 1.51. The van der Waals surface area contributed by atoms with Crippen LogP contribution in [0.3, 0.4) is 0 Å². The fraction of sp³-hybridized carbons (Fsp3) is 0. The zero-order valence-corrected chi connectivity index (χ0v) is 13.1. The molecule has 0 aliphatic carbocycles. The van der Waals surface area contributed by atoms with Gasteiger partial charge in [-0.3, -0.25) is 0 Å². The fourth-order valence-corrected chi connectivity index (χ4v) is 2.20. The number of ether oxygens (including phenoxy) is 1. The molecule has 0 saturated heterocycles. The number of halogens is 2. The summed E-state index contributed by atoms with van der Waals surface area (Å²) in [6.45, 7) is 0. The molecule has 0 heterocycles. The van der Waals surface area contributed by atoms with Crippen LogP contribution in [0, 0.1) is 11.3 Å². The van der Waals surface area contributed by atoms with Gasteiger partial charge >= 0.3 is 5.97 Å². The number of nitrogens with zero attached hydrogens (tertiary/aromatic N) is 1. The van der Waals surface area contributed by atoms with Gasteiger partial charge in [-0.05, 0) is 52.3 Å². The third-order valence-electron chi connectivity index (χ3n) is 2.46. The first kappa shape index (κ1) is 14.6. The average Bonchev–Trinajstić information content (AvgIpc) is 2.42. The molecule has 0 radical (unpaired) electrons. The Morgan fingerprint density at radius 3 is 2.55 bits per heavy atom. The van der Waals surface area contributed by atoms with Gasteiger partial charge in [0.25, 0.3) is 0 Å². The third kappa shape index (κ3) is 3.18. The molecule has 0 aliphatic heterocycles. The molecule has 2 aromatic carbocycles. The Kier molecular flexibility index (Phi) is 4.42. The van der Waals surface area contributed by atoms with Crippen molar-refractivity contribution < 1.29 is 14.6 Å². The van der Waals surface area contributed by atoms with E-state index in [0.29, 0.717) is 21.5 Å². The average molecular weight is 397 g/mol. The molecule has 0 aromatic heterocycles. The number of benzene rings is 2. The second kappa shape index (κ2) is 6.07. The van der Waals surface area contributed by atoms with E-state index in [1.165, 1.54) is 12.1 Å². The van der Waals surface area contributed by atoms with Gasteiger partial charge in [-0.15, -0.1) is 0 Å². The van der Waals surface area contributed by atoms with Gasteiger partial charge in [-0.1, -0.05) is 15.9 Å². The molecule has 0 fully saturated rings. The minimum atomic E-state index is -1.04. The monoisotopic (exact) mass is 395 g/mol. The highest BCUT2D eigenvalue weighted by atomic mass is 79.9. The summed E-state index contributed by atoms with van der Waals surface area (Å²) in [5.74, 6) is -0.346. The number of hydrogen-bond acceptors (Lipinski definition) is 3. The zero-order chi connectivity index (χ0) is 14.7. The van der Waals surface area contributed by atoms with Crippen LogP contribution < -0.4 is 4.74 Å². The molecule has 2 aromatic rings. The minimum absolute atomic E-state index is 0.110. The lowest BCUT2D eigenvalue weighted by atomic mass is 10.2. The lowest BCUT2D eigenvalue weighted by Gasteiger charge is -2.10. The van der Waals surface area contributed by atoms with Crippen LogP contribution in [-0.2, 0) is 0 Å². The van der Waals surface area contributed by atoms with E-state index >= 15 is 0 Å². The Balaban J connectivity index is 2.42. The Bertz CT molecular complexity index is 723. The molecule has 2 rings (SSSR count). The first-order valence-corrected chi connectivity index (χ1v) is 7.00. The molecule has 1 N–H and O–H groups in total. The predicted octanol–water partition coefficient (Wildman–Crippen LogP) is 4.57. The van der Waals surface area contributed by atoms with Crippen LogP contribution in [0.5, 0.6) is 11.5 Å². The molecule has 20 heavy (non-hydrogen) atoms. The smallest absolute Gasteiger partial charge is 0.335 e. The maximum absolute atomic E-state index is 11.0. The number of carboxylic acid groups (broad SMARTS) is 1. The van der Waals surface area contributed by atoms with Crippen molar-refractivity contribution in [3.05, 3.63) is 56.5 Å². The highest BCUT2D eigenvalue weighted by Crippen LogP contribution is 2.33. The van der Waals surface area contributed by atoms with Gasteiger partial charge in [-0.25, -0.2) is 4.79 Å². The Hall–Kier alpha value is -1.84. The number of carboxylic acids is 1. The zero-order valence-electron chi connectivity index (χ0n) is 9.93. The maximum Gasteiger partial charge on any atom is 0.335 e. The summed E-state index contributed by atoms with van der Waals surface area (Å²) in [7, 11) is 0. The van der Waals surface area contributed by atoms with Gasteiger partial charge in [-0.2, -0.15) is 5.26 Å². The van der Waals surface area contributed by atoms with Crippen LogP contribution in [0.1, 0.15) is 15.9 Å². The molecule has 0 unspecified atom stereocenters. The van der Waals surface area contributed by atoms with E-state index in [0.717, 1.165) is 4.47 Å². The second-order valence-electron chi connectivity index (χ2n) is 3.80. The molecule has 0 amide bonds. The van der Waals surface area contributed by atoms with Crippen LogP contribution >= 0.6 is 31.9 Å². The molecule has 4 nitrogen and oxygen atoms in total. The number of hydrogen-bond donors (Lipinski definition) is 1. The Morgan fingerprint density at radius 1 is 1.15 bits per heavy atom. The van der Waals surface area contributed by atoms with E-state index in [2.05, 4.69) is 31.9 Å². The van der Waals surface area contributed by atoms with Gasteiger partial charge < -0.3 is 9.84 Å². The number of aromatic carboxylic acids is 1. The summed E-state index contributed by atoms with van der Waals surface area (Å²) in [6.07, 6.45) is 0. The Labute approximate surface area is 131 Å². The van der Waals surface area contributed by atoms with Gasteiger partial charge in [0, 0.05) is 4.47 Å². The molecule has 6 heteroatoms. The first-order valence-electron chi connectivity index (χ1n) is 5.41. The van der Waals surface area contributed by atoms with Crippen molar-refractivity contribution >= 4 is 37.8 Å². The summed E-state index contributed by atoms with van der Waals surface area (Å²) in [6, 6.07) is 11.5. The van der Waals surface area contributed by atoms with Gasteiger partial charge in [0.15, 0.2) is 0 Å². The second-order valence-corrected chi connectivity index (χ2v) is 5.57. The quantitative estimate of drug-likeness (QED) is 0.824. The molecule has 100 valence electrons. The van der Waals surface area contributed by atoms with Crippen molar-refractivity contribution in [3.63, 3.8) is 0 Å². The largest absolute Gasteiger partial charge is 0.478 e. The van der Waals surface area contributed by atoms with E-state index in [-0.39, 0.29) is 5.56 Å². The lowest BCUT2D eigenvalue weighted by Crippen LogP contribution is -1.97. The highest BCUT2D eigenvalue weighted by Gasteiger charge is 2.11. The lowest BCUT2D eigenvalue weighted by molar-refractivity contribution is 0.0696. The summed E-state index contributed by atoms with van der Waals surface area (Å²) in [4.78, 5) is 11.0. The number of carbonyl (C=O) groups is 1. The van der Waals surface area contributed by atoms with Crippen molar-refractivity contribution in [2.45, 2.75) is 0 Å². The summed E-state index contributed by atoms with van der Waals surface area (Å²) >= 11 is 6.56. The molecular formula is C14H7Br2NO3. The third-order valence-corrected chi connectivity index (χ3v) is 3.61. The van der Waals surface area contributed by atoms with Crippen LogP contribution in [-0.4, -0.2) is 11.1 Å². The van der Waals surface area contributed by atoms with Crippen molar-refractivity contribution in [2.24, 2.45) is 0 Å². The minimum Gasteiger partial charge on any atom is -0.478 e. The molecular weight excluding hydrogens is 390 g/mol. The molecule has 0 spiro atoms. The van der Waals surface area contributed by atoms with E-state index in [4.69, 9.17) is 15.1 Å². The summed E-state index contributed by atoms with van der Waals surface area (Å²) in [5.41, 5.74) is 0.464. The Morgan fingerprint density at radius 2 is 1.90 bits per heavy atom. The van der Waals surface area contributed by atoms with E-state index in [1.54, 1.807) is 24.3 Å². The molecule has 0 bridgehead atoms. The predicted molar refractivity (Wildman–Crippen MR) is 80.0 cm³/mol. The van der Waals surface area contributed by atoms with Crippen molar-refractivity contribution in [1.82, 2.24) is 0 Å². The number of rotatable bonds is 3. The number of nitriles is 1. The van der Waals surface area contributed by atoms with E-state index < -0.39 is 5.97 Å². The van der Waals surface area contributed by atoms with Crippen LogP contribution in [0.25, 0.3) is 0 Å². The SMILES string of the molecule is N#Cc1cc(Br)ccc1Oc1cc(C(=O)O)ccc1Br. The van der Waals surface area contributed by atoms with Gasteiger partial charge in [0.05, 0.1) is 15.6 Å². The first-order chi connectivity index (χ1) is 9.51. The van der Waals surface area contributed by atoms with Gasteiger partial charge in [0.2, 0.25) is 0 Å². The van der Waals surface area contributed by atoms with Crippen LogP contribution in [0.2, 0.25) is 0 Å². The topological polar surface area (TPSA) is 70.3 Å². The van der Waals surface area contributed by atoms with Crippen molar-refractivity contribution in [2.75, 3.05) is 0 Å².